The van der Waals surface area contributed by atoms with E-state index in [0.717, 1.165) is 24.9 Å². The molecule has 0 atom stereocenters. The zero-order valence-electron chi connectivity index (χ0n) is 12.6. The van der Waals surface area contributed by atoms with E-state index >= 15 is 0 Å². The standard InChI is InChI=1S/C16H22N2O3/c1-3-5-6-15(19)17-12-7-8-14-13(10-12)18(9-4-2)16(20)11-21-14/h7-8,10H,3-6,9,11H2,1-2H3,(H,17,19). The number of rotatable bonds is 6. The second kappa shape index (κ2) is 7.11. The number of hydrogen-bond acceptors (Lipinski definition) is 3. The number of carbonyl (C=O) groups is 2. The Bertz CT molecular complexity index is 528. The fourth-order valence-corrected chi connectivity index (χ4v) is 2.31. The molecule has 114 valence electrons. The average Bonchev–Trinajstić information content (AvgIpc) is 2.48. The molecule has 1 aromatic rings. The molecule has 21 heavy (non-hydrogen) atoms. The summed E-state index contributed by atoms with van der Waals surface area (Å²) in [5, 5.41) is 2.87. The van der Waals surface area contributed by atoms with Gasteiger partial charge in [0, 0.05) is 18.7 Å². The first-order chi connectivity index (χ1) is 10.2. The van der Waals surface area contributed by atoms with Crippen LogP contribution in [0.25, 0.3) is 0 Å². The van der Waals surface area contributed by atoms with E-state index in [2.05, 4.69) is 12.2 Å². The Hall–Kier alpha value is -2.04. The third-order valence-electron chi connectivity index (χ3n) is 3.39. The largest absolute Gasteiger partial charge is 0.482 e. The molecule has 0 fully saturated rings. The maximum atomic E-state index is 11.9. The van der Waals surface area contributed by atoms with Crippen LogP contribution in [-0.4, -0.2) is 25.0 Å². The van der Waals surface area contributed by atoms with Crippen molar-refractivity contribution in [3.63, 3.8) is 0 Å². The van der Waals surface area contributed by atoms with Gasteiger partial charge >= 0.3 is 0 Å². The monoisotopic (exact) mass is 290 g/mol. The Labute approximate surface area is 125 Å². The highest BCUT2D eigenvalue weighted by molar-refractivity contribution is 5.99. The Morgan fingerprint density at radius 3 is 2.86 bits per heavy atom. The first-order valence-electron chi connectivity index (χ1n) is 7.52. The van der Waals surface area contributed by atoms with Crippen molar-refractivity contribution in [1.82, 2.24) is 0 Å². The average molecular weight is 290 g/mol. The lowest BCUT2D eigenvalue weighted by atomic mass is 10.2. The molecule has 0 aromatic heterocycles. The summed E-state index contributed by atoms with van der Waals surface area (Å²) in [5.41, 5.74) is 1.44. The molecule has 1 aliphatic heterocycles. The van der Waals surface area contributed by atoms with E-state index in [1.165, 1.54) is 0 Å². The molecule has 5 nitrogen and oxygen atoms in total. The summed E-state index contributed by atoms with van der Waals surface area (Å²) >= 11 is 0. The molecule has 0 aliphatic carbocycles. The van der Waals surface area contributed by atoms with E-state index in [1.54, 1.807) is 11.0 Å². The van der Waals surface area contributed by atoms with E-state index in [0.29, 0.717) is 24.4 Å². The molecule has 1 N–H and O–H groups in total. The quantitative estimate of drug-likeness (QED) is 0.876. The lowest BCUT2D eigenvalue weighted by Gasteiger charge is -2.29. The van der Waals surface area contributed by atoms with Gasteiger partial charge in [-0.05, 0) is 31.0 Å². The van der Waals surface area contributed by atoms with Crippen molar-refractivity contribution >= 4 is 23.2 Å². The molecule has 0 unspecified atom stereocenters. The maximum Gasteiger partial charge on any atom is 0.265 e. The summed E-state index contributed by atoms with van der Waals surface area (Å²) in [7, 11) is 0. The summed E-state index contributed by atoms with van der Waals surface area (Å²) in [4.78, 5) is 25.4. The number of hydrogen-bond donors (Lipinski definition) is 1. The SMILES string of the molecule is CCCCC(=O)Nc1ccc2c(c1)N(CCC)C(=O)CO2. The van der Waals surface area contributed by atoms with Crippen molar-refractivity contribution in [2.24, 2.45) is 0 Å². The molecule has 2 amide bonds. The second-order valence-corrected chi connectivity index (χ2v) is 5.17. The minimum atomic E-state index is -0.0428. The molecule has 1 heterocycles. The Kier molecular flexibility index (Phi) is 5.20. The van der Waals surface area contributed by atoms with E-state index < -0.39 is 0 Å². The summed E-state index contributed by atoms with van der Waals surface area (Å²) in [6, 6.07) is 5.42. The van der Waals surface area contributed by atoms with Crippen LogP contribution in [0.2, 0.25) is 0 Å². The first-order valence-corrected chi connectivity index (χ1v) is 7.52. The lowest BCUT2D eigenvalue weighted by Crippen LogP contribution is -2.39. The first kappa shape index (κ1) is 15.4. The second-order valence-electron chi connectivity index (χ2n) is 5.17. The van der Waals surface area contributed by atoms with Gasteiger partial charge in [0.1, 0.15) is 5.75 Å². The topological polar surface area (TPSA) is 58.6 Å². The van der Waals surface area contributed by atoms with Crippen LogP contribution in [0.5, 0.6) is 5.75 Å². The van der Waals surface area contributed by atoms with Gasteiger partial charge in [0.05, 0.1) is 5.69 Å². The van der Waals surface area contributed by atoms with Crippen molar-refractivity contribution in [2.45, 2.75) is 39.5 Å². The Morgan fingerprint density at radius 1 is 1.33 bits per heavy atom. The normalized spacial score (nSPS) is 13.6. The van der Waals surface area contributed by atoms with Gasteiger partial charge in [0.15, 0.2) is 6.61 Å². The minimum absolute atomic E-state index is 0.00176. The molecule has 5 heteroatoms. The minimum Gasteiger partial charge on any atom is -0.482 e. The van der Waals surface area contributed by atoms with E-state index in [-0.39, 0.29) is 18.4 Å². The number of ether oxygens (including phenoxy) is 1. The van der Waals surface area contributed by atoms with Gasteiger partial charge in [-0.1, -0.05) is 20.3 Å². The van der Waals surface area contributed by atoms with Crippen LogP contribution in [-0.2, 0) is 9.59 Å². The van der Waals surface area contributed by atoms with Crippen LogP contribution in [0.3, 0.4) is 0 Å². The molecular formula is C16H22N2O3. The molecular weight excluding hydrogens is 268 g/mol. The molecule has 0 radical (unpaired) electrons. The van der Waals surface area contributed by atoms with Crippen LogP contribution in [0.1, 0.15) is 39.5 Å². The predicted molar refractivity (Wildman–Crippen MR) is 82.7 cm³/mol. The maximum absolute atomic E-state index is 11.9. The number of nitrogens with zero attached hydrogens (tertiary/aromatic N) is 1. The van der Waals surface area contributed by atoms with Gasteiger partial charge in [-0.3, -0.25) is 9.59 Å². The van der Waals surface area contributed by atoms with Crippen LogP contribution in [0.15, 0.2) is 18.2 Å². The number of nitrogens with one attached hydrogen (secondary N) is 1. The van der Waals surface area contributed by atoms with E-state index in [1.807, 2.05) is 19.1 Å². The van der Waals surface area contributed by atoms with Crippen molar-refractivity contribution in [1.29, 1.82) is 0 Å². The zero-order valence-corrected chi connectivity index (χ0v) is 12.6. The lowest BCUT2D eigenvalue weighted by molar-refractivity contribution is -0.121. The Balaban J connectivity index is 2.16. The van der Waals surface area contributed by atoms with Crippen molar-refractivity contribution in [3.05, 3.63) is 18.2 Å². The van der Waals surface area contributed by atoms with Gasteiger partial charge in [-0.2, -0.15) is 0 Å². The van der Waals surface area contributed by atoms with Crippen LogP contribution in [0.4, 0.5) is 11.4 Å². The molecule has 0 spiro atoms. The molecule has 1 aliphatic rings. The Morgan fingerprint density at radius 2 is 2.14 bits per heavy atom. The van der Waals surface area contributed by atoms with Crippen molar-refractivity contribution < 1.29 is 14.3 Å². The summed E-state index contributed by atoms with van der Waals surface area (Å²) < 4.78 is 5.43. The molecule has 1 aromatic carbocycles. The van der Waals surface area contributed by atoms with Crippen LogP contribution >= 0.6 is 0 Å². The van der Waals surface area contributed by atoms with E-state index in [9.17, 15) is 9.59 Å². The highest BCUT2D eigenvalue weighted by Crippen LogP contribution is 2.34. The number of fused-ring (bicyclic) bond motifs is 1. The highest BCUT2D eigenvalue weighted by atomic mass is 16.5. The smallest absolute Gasteiger partial charge is 0.265 e. The van der Waals surface area contributed by atoms with Gasteiger partial charge < -0.3 is 15.0 Å². The summed E-state index contributed by atoms with van der Waals surface area (Å²) in [6.45, 7) is 4.81. The number of amides is 2. The molecule has 0 saturated heterocycles. The van der Waals surface area contributed by atoms with Gasteiger partial charge in [0.25, 0.3) is 5.91 Å². The van der Waals surface area contributed by atoms with Crippen LogP contribution in [0, 0.1) is 0 Å². The number of unbranched alkanes of at least 4 members (excludes halogenated alkanes) is 1. The molecule has 2 rings (SSSR count). The van der Waals surface area contributed by atoms with E-state index in [4.69, 9.17) is 4.74 Å². The number of carbonyl (C=O) groups excluding carboxylic acids is 2. The van der Waals surface area contributed by atoms with Gasteiger partial charge in [-0.15, -0.1) is 0 Å². The summed E-state index contributed by atoms with van der Waals surface area (Å²) in [5.74, 6) is 0.648. The number of anilines is 2. The van der Waals surface area contributed by atoms with Crippen LogP contribution < -0.4 is 15.0 Å². The third-order valence-corrected chi connectivity index (χ3v) is 3.39. The van der Waals surface area contributed by atoms with Crippen molar-refractivity contribution in [3.8, 4) is 5.75 Å². The van der Waals surface area contributed by atoms with Crippen molar-refractivity contribution in [2.75, 3.05) is 23.4 Å². The number of benzene rings is 1. The van der Waals surface area contributed by atoms with Gasteiger partial charge in [0.2, 0.25) is 5.91 Å². The highest BCUT2D eigenvalue weighted by Gasteiger charge is 2.25. The molecule has 0 bridgehead atoms. The zero-order chi connectivity index (χ0) is 15.2. The fraction of sp³-hybridized carbons (Fsp3) is 0.500. The fourth-order valence-electron chi connectivity index (χ4n) is 2.31. The molecule has 0 saturated carbocycles. The van der Waals surface area contributed by atoms with Gasteiger partial charge in [-0.25, -0.2) is 0 Å². The third kappa shape index (κ3) is 3.74. The predicted octanol–water partition coefficient (Wildman–Crippen LogP) is 2.95. The summed E-state index contributed by atoms with van der Waals surface area (Å²) in [6.07, 6.45) is 3.25.